The zero-order valence-corrected chi connectivity index (χ0v) is 12.9. The standard InChI is InChI=1S/C17H27NO2/c1-4-14(10-16(11-18)17(19)20)6-8-15-7-5-12(2)9-13(15)3/h5,7,9,14,16H,4,6,8,10-11,18H2,1-3H3,(H,19,20). The number of aliphatic carboxylic acids is 1. The van der Waals surface area contributed by atoms with Crippen molar-refractivity contribution in [3.8, 4) is 0 Å². The summed E-state index contributed by atoms with van der Waals surface area (Å²) >= 11 is 0. The van der Waals surface area contributed by atoms with E-state index in [9.17, 15) is 4.79 Å². The number of hydrogen-bond acceptors (Lipinski definition) is 2. The van der Waals surface area contributed by atoms with Crippen molar-refractivity contribution in [2.75, 3.05) is 6.54 Å². The molecule has 0 saturated heterocycles. The van der Waals surface area contributed by atoms with Crippen LogP contribution in [0.15, 0.2) is 18.2 Å². The molecule has 3 heteroatoms. The molecule has 0 aliphatic heterocycles. The van der Waals surface area contributed by atoms with E-state index in [1.54, 1.807) is 0 Å². The van der Waals surface area contributed by atoms with Gasteiger partial charge in [0.2, 0.25) is 0 Å². The number of aryl methyl sites for hydroxylation is 3. The van der Waals surface area contributed by atoms with Crippen molar-refractivity contribution in [3.63, 3.8) is 0 Å². The lowest BCUT2D eigenvalue weighted by Crippen LogP contribution is -2.26. The molecule has 0 radical (unpaired) electrons. The highest BCUT2D eigenvalue weighted by Gasteiger charge is 2.20. The molecule has 0 fully saturated rings. The lowest BCUT2D eigenvalue weighted by atomic mass is 9.87. The van der Waals surface area contributed by atoms with Crippen LogP contribution in [0.2, 0.25) is 0 Å². The van der Waals surface area contributed by atoms with Gasteiger partial charge in [0.25, 0.3) is 0 Å². The van der Waals surface area contributed by atoms with Crippen molar-refractivity contribution in [3.05, 3.63) is 34.9 Å². The fraction of sp³-hybridized carbons (Fsp3) is 0.588. The fourth-order valence-corrected chi connectivity index (χ4v) is 2.67. The Balaban J connectivity index is 2.58. The maximum absolute atomic E-state index is 11.1. The summed E-state index contributed by atoms with van der Waals surface area (Å²) in [5.74, 6) is -0.739. The van der Waals surface area contributed by atoms with Crippen LogP contribution in [0.1, 0.15) is 42.9 Å². The highest BCUT2D eigenvalue weighted by molar-refractivity contribution is 5.70. The number of carboxylic acids is 1. The Labute approximate surface area is 122 Å². The molecular formula is C17H27NO2. The lowest BCUT2D eigenvalue weighted by Gasteiger charge is -2.19. The molecule has 0 spiro atoms. The van der Waals surface area contributed by atoms with Crippen molar-refractivity contribution in [2.45, 2.75) is 46.5 Å². The van der Waals surface area contributed by atoms with Crippen LogP contribution >= 0.6 is 0 Å². The molecule has 20 heavy (non-hydrogen) atoms. The van der Waals surface area contributed by atoms with Crippen LogP contribution < -0.4 is 5.73 Å². The Morgan fingerprint density at radius 3 is 2.55 bits per heavy atom. The van der Waals surface area contributed by atoms with Gasteiger partial charge in [0, 0.05) is 6.54 Å². The van der Waals surface area contributed by atoms with Gasteiger partial charge in [-0.15, -0.1) is 0 Å². The summed E-state index contributed by atoms with van der Waals surface area (Å²) in [5, 5.41) is 9.10. The molecule has 1 aromatic carbocycles. The van der Waals surface area contributed by atoms with Crippen molar-refractivity contribution < 1.29 is 9.90 Å². The monoisotopic (exact) mass is 277 g/mol. The summed E-state index contributed by atoms with van der Waals surface area (Å²) < 4.78 is 0. The summed E-state index contributed by atoms with van der Waals surface area (Å²) in [6, 6.07) is 6.54. The Kier molecular flexibility index (Phi) is 6.73. The predicted molar refractivity (Wildman–Crippen MR) is 82.8 cm³/mol. The molecule has 112 valence electrons. The zero-order valence-electron chi connectivity index (χ0n) is 12.9. The molecule has 2 unspecified atom stereocenters. The molecule has 0 amide bonds. The van der Waals surface area contributed by atoms with Crippen LogP contribution in [0.5, 0.6) is 0 Å². The molecule has 0 aliphatic carbocycles. The van der Waals surface area contributed by atoms with E-state index < -0.39 is 11.9 Å². The molecule has 1 rings (SSSR count). The summed E-state index contributed by atoms with van der Waals surface area (Å²) in [6.07, 6.45) is 3.74. The van der Waals surface area contributed by atoms with Crippen LogP contribution in [0.3, 0.4) is 0 Å². The van der Waals surface area contributed by atoms with Gasteiger partial charge in [0.1, 0.15) is 0 Å². The van der Waals surface area contributed by atoms with Gasteiger partial charge in [-0.1, -0.05) is 37.1 Å². The second kappa shape index (κ2) is 8.05. The summed E-state index contributed by atoms with van der Waals surface area (Å²) in [5.41, 5.74) is 9.52. The van der Waals surface area contributed by atoms with E-state index in [0.29, 0.717) is 12.3 Å². The average molecular weight is 277 g/mol. The van der Waals surface area contributed by atoms with Gasteiger partial charge in [0.15, 0.2) is 0 Å². The number of carbonyl (C=O) groups is 1. The summed E-state index contributed by atoms with van der Waals surface area (Å²) in [4.78, 5) is 11.1. The number of rotatable bonds is 8. The zero-order chi connectivity index (χ0) is 15.1. The molecule has 0 heterocycles. The summed E-state index contributed by atoms with van der Waals surface area (Å²) in [6.45, 7) is 6.60. The van der Waals surface area contributed by atoms with Gasteiger partial charge in [-0.3, -0.25) is 4.79 Å². The smallest absolute Gasteiger partial charge is 0.307 e. The van der Waals surface area contributed by atoms with Crippen molar-refractivity contribution in [1.82, 2.24) is 0 Å². The second-order valence-corrected chi connectivity index (χ2v) is 5.75. The first-order valence-electron chi connectivity index (χ1n) is 7.46. The van der Waals surface area contributed by atoms with Gasteiger partial charge in [-0.25, -0.2) is 0 Å². The Hall–Kier alpha value is -1.35. The number of carboxylic acid groups (broad SMARTS) is 1. The lowest BCUT2D eigenvalue weighted by molar-refractivity contribution is -0.142. The maximum Gasteiger partial charge on any atom is 0.307 e. The molecule has 1 aromatic rings. The van der Waals surface area contributed by atoms with Crippen LogP contribution in [0.25, 0.3) is 0 Å². The molecule has 3 N–H and O–H groups in total. The first-order chi connectivity index (χ1) is 9.47. The van der Waals surface area contributed by atoms with Crippen LogP contribution in [-0.4, -0.2) is 17.6 Å². The van der Waals surface area contributed by atoms with Crippen LogP contribution in [0, 0.1) is 25.7 Å². The van der Waals surface area contributed by atoms with Crippen LogP contribution in [0.4, 0.5) is 0 Å². The second-order valence-electron chi connectivity index (χ2n) is 5.75. The topological polar surface area (TPSA) is 63.3 Å². The molecule has 2 atom stereocenters. The van der Waals surface area contributed by atoms with E-state index in [1.807, 2.05) is 0 Å². The predicted octanol–water partition coefficient (Wildman–Crippen LogP) is 3.31. The highest BCUT2D eigenvalue weighted by Crippen LogP contribution is 2.22. The van der Waals surface area contributed by atoms with E-state index in [4.69, 9.17) is 10.8 Å². The van der Waals surface area contributed by atoms with Gasteiger partial charge in [-0.2, -0.15) is 0 Å². The van der Waals surface area contributed by atoms with Gasteiger partial charge in [0.05, 0.1) is 5.92 Å². The third-order valence-electron chi connectivity index (χ3n) is 4.15. The molecule has 3 nitrogen and oxygen atoms in total. The van der Waals surface area contributed by atoms with E-state index in [2.05, 4.69) is 39.0 Å². The van der Waals surface area contributed by atoms with Crippen molar-refractivity contribution in [1.29, 1.82) is 0 Å². The SMILES string of the molecule is CCC(CCc1ccc(C)cc1C)CC(CN)C(=O)O. The van der Waals surface area contributed by atoms with Crippen molar-refractivity contribution >= 4 is 5.97 Å². The first kappa shape index (κ1) is 16.7. The third kappa shape index (κ3) is 4.97. The normalized spacial score (nSPS) is 14.0. The number of benzene rings is 1. The number of hydrogen-bond donors (Lipinski definition) is 2. The summed E-state index contributed by atoms with van der Waals surface area (Å²) in [7, 11) is 0. The first-order valence-corrected chi connectivity index (χ1v) is 7.46. The highest BCUT2D eigenvalue weighted by atomic mass is 16.4. The number of nitrogens with two attached hydrogens (primary N) is 1. The Morgan fingerprint density at radius 1 is 1.35 bits per heavy atom. The van der Waals surface area contributed by atoms with Crippen LogP contribution in [-0.2, 0) is 11.2 Å². The van der Waals surface area contributed by atoms with Crippen molar-refractivity contribution in [2.24, 2.45) is 17.6 Å². The molecule has 0 aromatic heterocycles. The van der Waals surface area contributed by atoms with Gasteiger partial charge >= 0.3 is 5.97 Å². The quantitative estimate of drug-likeness (QED) is 0.766. The minimum Gasteiger partial charge on any atom is -0.481 e. The molecule has 0 aliphatic rings. The minimum absolute atomic E-state index is 0.232. The fourth-order valence-electron chi connectivity index (χ4n) is 2.67. The molecule has 0 bridgehead atoms. The van der Waals surface area contributed by atoms with E-state index >= 15 is 0 Å². The maximum atomic E-state index is 11.1. The van der Waals surface area contributed by atoms with E-state index in [-0.39, 0.29) is 6.54 Å². The Bertz CT molecular complexity index is 443. The van der Waals surface area contributed by atoms with Gasteiger partial charge in [-0.05, 0) is 50.2 Å². The molecule has 0 saturated carbocycles. The Morgan fingerprint density at radius 2 is 2.05 bits per heavy atom. The average Bonchev–Trinajstić information content (AvgIpc) is 2.40. The molecular weight excluding hydrogens is 250 g/mol. The van der Waals surface area contributed by atoms with E-state index in [0.717, 1.165) is 19.3 Å². The van der Waals surface area contributed by atoms with E-state index in [1.165, 1.54) is 16.7 Å². The van der Waals surface area contributed by atoms with Gasteiger partial charge < -0.3 is 10.8 Å². The minimum atomic E-state index is -0.766. The largest absolute Gasteiger partial charge is 0.481 e. The third-order valence-corrected chi connectivity index (χ3v) is 4.15.